The molecule has 0 saturated heterocycles. The van der Waals surface area contributed by atoms with E-state index < -0.39 is 0 Å². The quantitative estimate of drug-likeness (QED) is 0.287. The Hall–Kier alpha value is -1.31. The topological polar surface area (TPSA) is 26.3 Å². The molecule has 130 valence electrons. The van der Waals surface area contributed by atoms with Crippen molar-refractivity contribution in [1.82, 2.24) is 0 Å². The fourth-order valence-corrected chi connectivity index (χ4v) is 2.77. The number of esters is 1. The largest absolute Gasteiger partial charge is 0.462 e. The van der Waals surface area contributed by atoms with Crippen LogP contribution in [0, 0.1) is 0 Å². The molecule has 0 aliphatic carbocycles. The van der Waals surface area contributed by atoms with Gasteiger partial charge in [0, 0.05) is 0 Å². The molecule has 0 atom stereocenters. The first kappa shape index (κ1) is 19.7. The minimum atomic E-state index is -0.200. The molecular weight excluding hydrogens is 284 g/mol. The summed E-state index contributed by atoms with van der Waals surface area (Å²) in [5.74, 6) is -0.200. The standard InChI is InChI=1S/C21H34O2/c1-2-3-4-5-6-7-8-9-10-11-12-16-19-23-21(22)20-17-14-13-15-18-20/h13-15,17-18H,2-12,16,19H2,1H3. The number of ether oxygens (including phenoxy) is 1. The molecule has 0 amide bonds. The highest BCUT2D eigenvalue weighted by molar-refractivity contribution is 5.89. The molecule has 2 heteroatoms. The first-order valence-electron chi connectivity index (χ1n) is 9.56. The van der Waals surface area contributed by atoms with Crippen molar-refractivity contribution in [1.29, 1.82) is 0 Å². The maximum Gasteiger partial charge on any atom is 0.338 e. The Morgan fingerprint density at radius 1 is 0.739 bits per heavy atom. The zero-order chi connectivity index (χ0) is 16.6. The van der Waals surface area contributed by atoms with Gasteiger partial charge in [0.1, 0.15) is 0 Å². The number of unbranched alkanes of at least 4 members (excludes halogenated alkanes) is 11. The molecule has 0 heterocycles. The molecule has 0 saturated carbocycles. The number of hydrogen-bond acceptors (Lipinski definition) is 2. The third-order valence-corrected chi connectivity index (χ3v) is 4.24. The molecule has 1 aromatic carbocycles. The lowest BCUT2D eigenvalue weighted by Gasteiger charge is -2.05. The summed E-state index contributed by atoms with van der Waals surface area (Å²) in [5, 5.41) is 0. The Labute approximate surface area is 142 Å². The predicted molar refractivity (Wildman–Crippen MR) is 97.8 cm³/mol. The molecular formula is C21H34O2. The SMILES string of the molecule is CCCCCCCCCCCCCCOC(=O)c1ccccc1. The second kappa shape index (κ2) is 14.3. The lowest BCUT2D eigenvalue weighted by Crippen LogP contribution is -2.06. The van der Waals surface area contributed by atoms with E-state index in [1.165, 1.54) is 70.6 Å². The van der Waals surface area contributed by atoms with Crippen molar-refractivity contribution in [2.45, 2.75) is 84.0 Å². The highest BCUT2D eigenvalue weighted by Gasteiger charge is 2.04. The van der Waals surface area contributed by atoms with Gasteiger partial charge in [-0.25, -0.2) is 4.79 Å². The van der Waals surface area contributed by atoms with Crippen molar-refractivity contribution in [2.75, 3.05) is 6.61 Å². The van der Waals surface area contributed by atoms with Crippen LogP contribution in [-0.2, 0) is 4.74 Å². The Bertz CT molecular complexity index is 386. The van der Waals surface area contributed by atoms with Crippen LogP contribution in [0.3, 0.4) is 0 Å². The van der Waals surface area contributed by atoms with Gasteiger partial charge < -0.3 is 4.74 Å². The van der Waals surface area contributed by atoms with Crippen LogP contribution in [0.15, 0.2) is 30.3 Å². The maximum atomic E-state index is 11.7. The Morgan fingerprint density at radius 2 is 1.22 bits per heavy atom. The van der Waals surface area contributed by atoms with E-state index in [1.807, 2.05) is 18.2 Å². The molecule has 2 nitrogen and oxygen atoms in total. The lowest BCUT2D eigenvalue weighted by molar-refractivity contribution is 0.0497. The van der Waals surface area contributed by atoms with E-state index in [0.29, 0.717) is 12.2 Å². The minimum Gasteiger partial charge on any atom is -0.462 e. The van der Waals surface area contributed by atoms with Crippen LogP contribution in [0.25, 0.3) is 0 Å². The highest BCUT2D eigenvalue weighted by Crippen LogP contribution is 2.12. The van der Waals surface area contributed by atoms with Crippen molar-refractivity contribution in [2.24, 2.45) is 0 Å². The summed E-state index contributed by atoms with van der Waals surface area (Å²) in [6.07, 6.45) is 15.9. The van der Waals surface area contributed by atoms with Gasteiger partial charge in [0.25, 0.3) is 0 Å². The van der Waals surface area contributed by atoms with Crippen LogP contribution in [0.1, 0.15) is 94.3 Å². The Kier molecular flexibility index (Phi) is 12.3. The third-order valence-electron chi connectivity index (χ3n) is 4.24. The van der Waals surface area contributed by atoms with E-state index in [1.54, 1.807) is 12.1 Å². The Morgan fingerprint density at radius 3 is 1.74 bits per heavy atom. The van der Waals surface area contributed by atoms with Crippen LogP contribution >= 0.6 is 0 Å². The third kappa shape index (κ3) is 11.0. The van der Waals surface area contributed by atoms with E-state index in [0.717, 1.165) is 6.42 Å². The molecule has 0 aromatic heterocycles. The van der Waals surface area contributed by atoms with Gasteiger partial charge in [0.05, 0.1) is 12.2 Å². The van der Waals surface area contributed by atoms with Gasteiger partial charge in [0.15, 0.2) is 0 Å². The number of rotatable bonds is 14. The number of carbonyl (C=O) groups excluding carboxylic acids is 1. The molecule has 1 aromatic rings. The van der Waals surface area contributed by atoms with Crippen molar-refractivity contribution in [3.63, 3.8) is 0 Å². The summed E-state index contributed by atoms with van der Waals surface area (Å²) < 4.78 is 5.28. The van der Waals surface area contributed by atoms with Crippen LogP contribution < -0.4 is 0 Å². The fourth-order valence-electron chi connectivity index (χ4n) is 2.77. The van der Waals surface area contributed by atoms with Crippen LogP contribution in [-0.4, -0.2) is 12.6 Å². The first-order chi connectivity index (χ1) is 11.3. The maximum absolute atomic E-state index is 11.7. The second-order valence-electron chi connectivity index (χ2n) is 6.39. The summed E-state index contributed by atoms with van der Waals surface area (Å²) in [7, 11) is 0. The van der Waals surface area contributed by atoms with E-state index in [4.69, 9.17) is 4.74 Å². The van der Waals surface area contributed by atoms with Crippen LogP contribution in [0.4, 0.5) is 0 Å². The molecule has 1 rings (SSSR count). The summed E-state index contributed by atoms with van der Waals surface area (Å²) in [6.45, 7) is 2.81. The van der Waals surface area contributed by atoms with E-state index in [-0.39, 0.29) is 5.97 Å². The van der Waals surface area contributed by atoms with Gasteiger partial charge in [-0.05, 0) is 18.6 Å². The average Bonchev–Trinajstić information content (AvgIpc) is 2.59. The van der Waals surface area contributed by atoms with Crippen molar-refractivity contribution < 1.29 is 9.53 Å². The molecule has 0 unspecified atom stereocenters. The summed E-state index contributed by atoms with van der Waals surface area (Å²) in [4.78, 5) is 11.7. The van der Waals surface area contributed by atoms with Gasteiger partial charge in [-0.2, -0.15) is 0 Å². The molecule has 23 heavy (non-hydrogen) atoms. The van der Waals surface area contributed by atoms with Gasteiger partial charge >= 0.3 is 5.97 Å². The predicted octanol–water partition coefficient (Wildman–Crippen LogP) is 6.54. The van der Waals surface area contributed by atoms with Gasteiger partial charge in [-0.1, -0.05) is 95.8 Å². The summed E-state index contributed by atoms with van der Waals surface area (Å²) >= 11 is 0. The molecule has 0 radical (unpaired) electrons. The normalized spacial score (nSPS) is 10.7. The average molecular weight is 319 g/mol. The van der Waals surface area contributed by atoms with Crippen LogP contribution in [0.5, 0.6) is 0 Å². The zero-order valence-corrected chi connectivity index (χ0v) is 14.9. The summed E-state index contributed by atoms with van der Waals surface area (Å²) in [5.41, 5.74) is 0.645. The molecule has 0 fully saturated rings. The second-order valence-corrected chi connectivity index (χ2v) is 6.39. The lowest BCUT2D eigenvalue weighted by atomic mass is 10.1. The van der Waals surface area contributed by atoms with Gasteiger partial charge in [-0.3, -0.25) is 0 Å². The molecule has 0 aliphatic rings. The highest BCUT2D eigenvalue weighted by atomic mass is 16.5. The number of benzene rings is 1. The monoisotopic (exact) mass is 318 g/mol. The molecule has 0 bridgehead atoms. The van der Waals surface area contributed by atoms with Crippen molar-refractivity contribution >= 4 is 5.97 Å². The summed E-state index contributed by atoms with van der Waals surface area (Å²) in [6, 6.07) is 9.22. The van der Waals surface area contributed by atoms with E-state index in [9.17, 15) is 4.79 Å². The van der Waals surface area contributed by atoms with Crippen LogP contribution in [0.2, 0.25) is 0 Å². The minimum absolute atomic E-state index is 0.200. The molecule has 0 N–H and O–H groups in total. The smallest absolute Gasteiger partial charge is 0.338 e. The number of carbonyl (C=O) groups is 1. The fraction of sp³-hybridized carbons (Fsp3) is 0.667. The van der Waals surface area contributed by atoms with Gasteiger partial charge in [-0.15, -0.1) is 0 Å². The van der Waals surface area contributed by atoms with Crippen molar-refractivity contribution in [3.05, 3.63) is 35.9 Å². The first-order valence-corrected chi connectivity index (χ1v) is 9.56. The van der Waals surface area contributed by atoms with E-state index in [2.05, 4.69) is 6.92 Å². The zero-order valence-electron chi connectivity index (χ0n) is 14.9. The Balaban J connectivity index is 1.82. The molecule has 0 aliphatic heterocycles. The molecule has 0 spiro atoms. The van der Waals surface area contributed by atoms with E-state index >= 15 is 0 Å². The van der Waals surface area contributed by atoms with Gasteiger partial charge in [0.2, 0.25) is 0 Å². The van der Waals surface area contributed by atoms with Crippen molar-refractivity contribution in [3.8, 4) is 0 Å². The number of hydrogen-bond donors (Lipinski definition) is 0.